The van der Waals surface area contributed by atoms with E-state index in [1.54, 1.807) is 12.1 Å². The summed E-state index contributed by atoms with van der Waals surface area (Å²) in [5, 5.41) is 2.92. The van der Waals surface area contributed by atoms with Crippen LogP contribution in [0.1, 0.15) is 48.1 Å². The highest BCUT2D eigenvalue weighted by Crippen LogP contribution is 2.26. The molecular weight excluding hydrogens is 343 g/mol. The van der Waals surface area contributed by atoms with Crippen molar-refractivity contribution in [1.29, 1.82) is 0 Å². The molecule has 2 aromatic carbocycles. The molecule has 2 aromatic rings. The van der Waals surface area contributed by atoms with Gasteiger partial charge in [-0.25, -0.2) is 4.39 Å². The van der Waals surface area contributed by atoms with Crippen LogP contribution in [0.5, 0.6) is 5.75 Å². The summed E-state index contributed by atoms with van der Waals surface area (Å²) in [6.07, 6.45) is 3.57. The SMILES string of the molecule is CCOc1ccc(C(CNC(=O)c2ccccc2F)N2CCCCC2)cc1. The van der Waals surface area contributed by atoms with Crippen molar-refractivity contribution in [3.8, 4) is 5.75 Å². The lowest BCUT2D eigenvalue weighted by atomic mass is 10.0. The van der Waals surface area contributed by atoms with Crippen molar-refractivity contribution in [2.24, 2.45) is 0 Å². The highest BCUT2D eigenvalue weighted by molar-refractivity contribution is 5.94. The van der Waals surface area contributed by atoms with Gasteiger partial charge in [0.25, 0.3) is 5.91 Å². The van der Waals surface area contributed by atoms with E-state index in [4.69, 9.17) is 4.74 Å². The van der Waals surface area contributed by atoms with E-state index in [9.17, 15) is 9.18 Å². The Morgan fingerprint density at radius 3 is 2.48 bits per heavy atom. The molecule has 5 heteroatoms. The van der Waals surface area contributed by atoms with Gasteiger partial charge in [-0.2, -0.15) is 0 Å². The lowest BCUT2D eigenvalue weighted by molar-refractivity contribution is 0.0920. The first-order valence-electron chi connectivity index (χ1n) is 9.68. The van der Waals surface area contributed by atoms with Crippen LogP contribution in [0.15, 0.2) is 48.5 Å². The normalized spacial score (nSPS) is 15.9. The van der Waals surface area contributed by atoms with Crippen molar-refractivity contribution in [3.05, 3.63) is 65.5 Å². The molecule has 1 heterocycles. The minimum absolute atomic E-state index is 0.0664. The van der Waals surface area contributed by atoms with Gasteiger partial charge in [0.15, 0.2) is 0 Å². The molecule has 1 saturated heterocycles. The summed E-state index contributed by atoms with van der Waals surface area (Å²) in [6.45, 7) is 5.05. The number of nitrogens with zero attached hydrogens (tertiary/aromatic N) is 1. The number of carbonyl (C=O) groups excluding carboxylic acids is 1. The molecule has 0 spiro atoms. The Morgan fingerprint density at radius 2 is 1.81 bits per heavy atom. The van der Waals surface area contributed by atoms with Crippen LogP contribution in [-0.4, -0.2) is 37.0 Å². The van der Waals surface area contributed by atoms with Gasteiger partial charge in [-0.1, -0.05) is 30.7 Å². The molecule has 3 rings (SSSR count). The summed E-state index contributed by atoms with van der Waals surface area (Å²) in [4.78, 5) is 14.8. The topological polar surface area (TPSA) is 41.6 Å². The van der Waals surface area contributed by atoms with Crippen molar-refractivity contribution >= 4 is 5.91 Å². The van der Waals surface area contributed by atoms with Crippen LogP contribution in [0, 0.1) is 5.82 Å². The summed E-state index contributed by atoms with van der Waals surface area (Å²) in [5.74, 6) is -0.0272. The van der Waals surface area contributed by atoms with Gasteiger partial charge in [0.2, 0.25) is 0 Å². The third-order valence-electron chi connectivity index (χ3n) is 4.98. The molecule has 4 nitrogen and oxygen atoms in total. The number of ether oxygens (including phenoxy) is 1. The van der Waals surface area contributed by atoms with Crippen LogP contribution in [0.25, 0.3) is 0 Å². The quantitative estimate of drug-likeness (QED) is 0.795. The maximum absolute atomic E-state index is 13.9. The van der Waals surface area contributed by atoms with E-state index in [-0.39, 0.29) is 17.5 Å². The lowest BCUT2D eigenvalue weighted by Crippen LogP contribution is -2.40. The molecule has 27 heavy (non-hydrogen) atoms. The third kappa shape index (κ3) is 5.07. The second kappa shape index (κ2) is 9.51. The fraction of sp³-hybridized carbons (Fsp3) is 0.409. The molecule has 0 saturated carbocycles. The first-order chi connectivity index (χ1) is 13.2. The van der Waals surface area contributed by atoms with Gasteiger partial charge in [0.05, 0.1) is 18.2 Å². The number of hydrogen-bond acceptors (Lipinski definition) is 3. The van der Waals surface area contributed by atoms with Crippen LogP contribution in [0.2, 0.25) is 0 Å². The van der Waals surface area contributed by atoms with Gasteiger partial charge in [0, 0.05) is 6.54 Å². The summed E-state index contributed by atoms with van der Waals surface area (Å²) in [5.41, 5.74) is 1.22. The van der Waals surface area contributed by atoms with E-state index in [0.29, 0.717) is 13.2 Å². The van der Waals surface area contributed by atoms with Crippen molar-refractivity contribution < 1.29 is 13.9 Å². The van der Waals surface area contributed by atoms with Crippen molar-refractivity contribution in [3.63, 3.8) is 0 Å². The molecule has 0 aromatic heterocycles. The van der Waals surface area contributed by atoms with Gasteiger partial charge < -0.3 is 10.1 Å². The molecule has 1 aliphatic heterocycles. The molecule has 0 bridgehead atoms. The Kier molecular flexibility index (Phi) is 6.82. The average Bonchev–Trinajstić information content (AvgIpc) is 2.70. The number of rotatable bonds is 7. The fourth-order valence-electron chi connectivity index (χ4n) is 3.57. The van der Waals surface area contributed by atoms with Gasteiger partial charge in [-0.15, -0.1) is 0 Å². The summed E-state index contributed by atoms with van der Waals surface area (Å²) >= 11 is 0. The molecule has 0 radical (unpaired) electrons. The number of amides is 1. The molecule has 1 atom stereocenters. The van der Waals surface area contributed by atoms with Crippen LogP contribution >= 0.6 is 0 Å². The van der Waals surface area contributed by atoms with Crippen LogP contribution in [0.4, 0.5) is 4.39 Å². The molecule has 1 unspecified atom stereocenters. The maximum atomic E-state index is 13.9. The largest absolute Gasteiger partial charge is 0.494 e. The first-order valence-corrected chi connectivity index (χ1v) is 9.68. The van der Waals surface area contributed by atoms with Gasteiger partial charge in [0.1, 0.15) is 11.6 Å². The lowest BCUT2D eigenvalue weighted by Gasteiger charge is -2.35. The van der Waals surface area contributed by atoms with E-state index in [0.717, 1.165) is 37.2 Å². The Bertz CT molecular complexity index is 742. The standard InChI is InChI=1S/C22H27FN2O2/c1-2-27-18-12-10-17(11-13-18)21(25-14-6-3-7-15-25)16-24-22(26)19-8-4-5-9-20(19)23/h4-5,8-13,21H,2-3,6-7,14-16H2,1H3,(H,24,26). The van der Waals surface area contributed by atoms with E-state index >= 15 is 0 Å². The number of carbonyl (C=O) groups is 1. The van der Waals surface area contributed by atoms with Crippen molar-refractivity contribution in [1.82, 2.24) is 10.2 Å². The van der Waals surface area contributed by atoms with E-state index < -0.39 is 5.82 Å². The highest BCUT2D eigenvalue weighted by atomic mass is 19.1. The van der Waals surface area contributed by atoms with Crippen LogP contribution in [-0.2, 0) is 0 Å². The maximum Gasteiger partial charge on any atom is 0.254 e. The number of benzene rings is 2. The molecule has 1 amide bonds. The third-order valence-corrected chi connectivity index (χ3v) is 4.98. The number of halogens is 1. The number of likely N-dealkylation sites (tertiary alicyclic amines) is 1. The number of nitrogens with one attached hydrogen (secondary N) is 1. The zero-order valence-electron chi connectivity index (χ0n) is 15.8. The predicted octanol–water partition coefficient (Wildman–Crippen LogP) is 4.18. The summed E-state index contributed by atoms with van der Waals surface area (Å²) in [6, 6.07) is 14.2. The fourth-order valence-corrected chi connectivity index (χ4v) is 3.57. The predicted molar refractivity (Wildman–Crippen MR) is 105 cm³/mol. The smallest absolute Gasteiger partial charge is 0.254 e. The summed E-state index contributed by atoms with van der Waals surface area (Å²) < 4.78 is 19.4. The monoisotopic (exact) mass is 370 g/mol. The second-order valence-corrected chi connectivity index (χ2v) is 6.80. The first kappa shape index (κ1) is 19.4. The number of hydrogen-bond donors (Lipinski definition) is 1. The van der Waals surface area contributed by atoms with Gasteiger partial charge in [-0.3, -0.25) is 9.69 Å². The van der Waals surface area contributed by atoms with Gasteiger partial charge >= 0.3 is 0 Å². The Labute approximate surface area is 160 Å². The molecule has 144 valence electrons. The van der Waals surface area contributed by atoms with Crippen molar-refractivity contribution in [2.75, 3.05) is 26.2 Å². The zero-order valence-corrected chi connectivity index (χ0v) is 15.8. The highest BCUT2D eigenvalue weighted by Gasteiger charge is 2.23. The Hall–Kier alpha value is -2.40. The van der Waals surface area contributed by atoms with E-state index in [1.807, 2.05) is 19.1 Å². The average molecular weight is 370 g/mol. The molecule has 1 fully saturated rings. The van der Waals surface area contributed by atoms with Crippen molar-refractivity contribution in [2.45, 2.75) is 32.2 Å². The van der Waals surface area contributed by atoms with Crippen LogP contribution in [0.3, 0.4) is 0 Å². The zero-order chi connectivity index (χ0) is 19.1. The number of piperidine rings is 1. The molecular formula is C22H27FN2O2. The molecule has 1 aliphatic rings. The minimum Gasteiger partial charge on any atom is -0.494 e. The van der Waals surface area contributed by atoms with Crippen LogP contribution < -0.4 is 10.1 Å². The molecule has 1 N–H and O–H groups in total. The van der Waals surface area contributed by atoms with E-state index in [1.165, 1.54) is 18.6 Å². The summed E-state index contributed by atoms with van der Waals surface area (Å²) in [7, 11) is 0. The van der Waals surface area contributed by atoms with Gasteiger partial charge in [-0.05, 0) is 62.7 Å². The Morgan fingerprint density at radius 1 is 1.11 bits per heavy atom. The molecule has 0 aliphatic carbocycles. The Balaban J connectivity index is 1.73. The minimum atomic E-state index is -0.495. The second-order valence-electron chi connectivity index (χ2n) is 6.80. The van der Waals surface area contributed by atoms with E-state index in [2.05, 4.69) is 22.3 Å².